The van der Waals surface area contributed by atoms with Gasteiger partial charge in [0.1, 0.15) is 5.75 Å². The minimum Gasteiger partial charge on any atom is -0.496 e. The summed E-state index contributed by atoms with van der Waals surface area (Å²) in [5, 5.41) is 3.36. The van der Waals surface area contributed by atoms with Crippen LogP contribution in [-0.4, -0.2) is 28.9 Å². The maximum atomic E-state index is 13.9. The molecule has 1 saturated heterocycles. The molecule has 1 aromatic heterocycles. The van der Waals surface area contributed by atoms with Crippen LogP contribution in [0.5, 0.6) is 5.75 Å². The highest BCUT2D eigenvalue weighted by Gasteiger charge is 2.39. The number of rotatable bonds is 5. The molecular weight excluding hydrogens is 440 g/mol. The van der Waals surface area contributed by atoms with Gasteiger partial charge in [-0.25, -0.2) is 9.69 Å². The van der Waals surface area contributed by atoms with Crippen molar-refractivity contribution in [2.45, 2.75) is 6.92 Å². The van der Waals surface area contributed by atoms with Gasteiger partial charge >= 0.3 is 0 Å². The fourth-order valence-electron chi connectivity index (χ4n) is 4.45. The van der Waals surface area contributed by atoms with Crippen molar-refractivity contribution in [2.75, 3.05) is 23.7 Å². The molecule has 4 aromatic rings. The average molecular weight is 467 g/mol. The van der Waals surface area contributed by atoms with E-state index in [1.165, 1.54) is 5.01 Å². The normalized spacial score (nSPS) is 14.7. The van der Waals surface area contributed by atoms with Crippen LogP contribution in [0.25, 0.3) is 11.8 Å². The Kier molecular flexibility index (Phi) is 5.74. The molecule has 0 saturated carbocycles. The van der Waals surface area contributed by atoms with E-state index in [-0.39, 0.29) is 11.5 Å². The number of ether oxygens (including phenoxy) is 1. The second-order valence-corrected chi connectivity index (χ2v) is 8.33. The van der Waals surface area contributed by atoms with Crippen LogP contribution in [0.4, 0.5) is 11.4 Å². The quantitative estimate of drug-likeness (QED) is 0.411. The molecule has 0 bridgehead atoms. The predicted octanol–water partition coefficient (Wildman–Crippen LogP) is 4.34. The topological polar surface area (TPSA) is 59.7 Å². The van der Waals surface area contributed by atoms with Crippen molar-refractivity contribution in [3.63, 3.8) is 0 Å². The van der Waals surface area contributed by atoms with Crippen LogP contribution in [0.15, 0.2) is 95.3 Å². The number of carbonyl (C=O) groups excluding carboxylic acids is 1. The molecule has 2 heterocycles. The summed E-state index contributed by atoms with van der Waals surface area (Å²) in [6.45, 7) is 2.18. The largest absolute Gasteiger partial charge is 0.496 e. The molecule has 0 spiro atoms. The van der Waals surface area contributed by atoms with E-state index in [1.54, 1.807) is 16.5 Å². The van der Waals surface area contributed by atoms with Crippen molar-refractivity contribution in [1.29, 1.82) is 0 Å². The maximum Gasteiger partial charge on any atom is 0.297 e. The number of anilines is 2. The first-order valence-corrected chi connectivity index (χ1v) is 11.4. The van der Waals surface area contributed by atoms with E-state index >= 15 is 0 Å². The van der Waals surface area contributed by atoms with Gasteiger partial charge in [0, 0.05) is 18.2 Å². The first kappa shape index (κ1) is 22.3. The Hall–Kier alpha value is -4.52. The van der Waals surface area contributed by atoms with Crippen molar-refractivity contribution in [3.05, 3.63) is 112 Å². The highest BCUT2D eigenvalue weighted by Crippen LogP contribution is 2.33. The van der Waals surface area contributed by atoms with Gasteiger partial charge in [-0.2, -0.15) is 0 Å². The first-order valence-electron chi connectivity index (χ1n) is 11.4. The smallest absolute Gasteiger partial charge is 0.297 e. The van der Waals surface area contributed by atoms with Gasteiger partial charge in [-0.3, -0.25) is 19.3 Å². The SMILES string of the molecule is COc1ccccc1/C=C1\CN(c2ccccc2)N(c2c(C)n(C)n(-c3ccccc3)c2=O)C1=O. The van der Waals surface area contributed by atoms with Gasteiger partial charge in [0.05, 0.1) is 30.7 Å². The molecule has 0 radical (unpaired) electrons. The van der Waals surface area contributed by atoms with Crippen molar-refractivity contribution in [2.24, 2.45) is 7.05 Å². The second kappa shape index (κ2) is 9.02. The van der Waals surface area contributed by atoms with Crippen LogP contribution in [0.2, 0.25) is 0 Å². The first-order chi connectivity index (χ1) is 17.0. The van der Waals surface area contributed by atoms with Crippen molar-refractivity contribution >= 4 is 23.4 Å². The number of carbonyl (C=O) groups is 1. The molecule has 3 aromatic carbocycles. The van der Waals surface area contributed by atoms with E-state index in [9.17, 15) is 9.59 Å². The summed E-state index contributed by atoms with van der Waals surface area (Å²) in [7, 11) is 3.43. The molecule has 1 fully saturated rings. The number of amides is 1. The summed E-state index contributed by atoms with van der Waals surface area (Å²) in [4.78, 5) is 27.6. The predicted molar refractivity (Wildman–Crippen MR) is 138 cm³/mol. The Labute approximate surface area is 203 Å². The lowest BCUT2D eigenvalue weighted by atomic mass is 10.1. The van der Waals surface area contributed by atoms with Crippen LogP contribution in [0.1, 0.15) is 11.3 Å². The van der Waals surface area contributed by atoms with E-state index in [0.717, 1.165) is 16.9 Å². The van der Waals surface area contributed by atoms with Crippen LogP contribution < -0.4 is 20.3 Å². The van der Waals surface area contributed by atoms with Crippen molar-refractivity contribution in [1.82, 2.24) is 9.36 Å². The molecule has 0 N–H and O–H groups in total. The number of benzene rings is 3. The number of nitrogens with zero attached hydrogens (tertiary/aromatic N) is 4. The Bertz CT molecular complexity index is 1470. The van der Waals surface area contributed by atoms with E-state index < -0.39 is 0 Å². The molecule has 7 nitrogen and oxygen atoms in total. The van der Waals surface area contributed by atoms with Gasteiger partial charge in [0.2, 0.25) is 0 Å². The summed E-state index contributed by atoms with van der Waals surface area (Å²) in [5.41, 5.74) is 3.67. The summed E-state index contributed by atoms with van der Waals surface area (Å²) in [5.74, 6) is 0.436. The Morgan fingerprint density at radius 3 is 2.09 bits per heavy atom. The number of methoxy groups -OCH3 is 1. The molecule has 35 heavy (non-hydrogen) atoms. The molecule has 1 amide bonds. The Morgan fingerprint density at radius 2 is 1.43 bits per heavy atom. The van der Waals surface area contributed by atoms with E-state index in [2.05, 4.69) is 0 Å². The standard InChI is InChI=1S/C28H26N4O3/c1-20-26(28(34)31(29(20)2)24-15-8-5-9-16-24)32-27(33)22(18-21-12-10-11-17-25(21)35-3)19-30(32)23-13-6-4-7-14-23/h4-18H,19H2,1-3H3/b22-18+. The number of hydrogen-bond acceptors (Lipinski definition) is 4. The fraction of sp³-hybridized carbons (Fsp3) is 0.143. The third-order valence-corrected chi connectivity index (χ3v) is 6.29. The van der Waals surface area contributed by atoms with Gasteiger partial charge in [-0.15, -0.1) is 0 Å². The number of hydrazine groups is 1. The molecule has 176 valence electrons. The van der Waals surface area contributed by atoms with E-state index in [0.29, 0.717) is 29.2 Å². The highest BCUT2D eigenvalue weighted by molar-refractivity contribution is 6.14. The lowest BCUT2D eigenvalue weighted by Crippen LogP contribution is -2.42. The van der Waals surface area contributed by atoms with E-state index in [1.807, 2.05) is 110 Å². The molecule has 0 unspecified atom stereocenters. The third-order valence-electron chi connectivity index (χ3n) is 6.29. The lowest BCUT2D eigenvalue weighted by molar-refractivity contribution is -0.114. The Balaban J connectivity index is 1.68. The summed E-state index contributed by atoms with van der Waals surface area (Å²) in [6.07, 6.45) is 1.84. The van der Waals surface area contributed by atoms with Gasteiger partial charge in [-0.1, -0.05) is 54.6 Å². The van der Waals surface area contributed by atoms with Gasteiger partial charge in [0.25, 0.3) is 11.5 Å². The average Bonchev–Trinajstić information content (AvgIpc) is 3.32. The highest BCUT2D eigenvalue weighted by atomic mass is 16.5. The lowest BCUT2D eigenvalue weighted by Gasteiger charge is -2.28. The zero-order valence-corrected chi connectivity index (χ0v) is 19.9. The summed E-state index contributed by atoms with van der Waals surface area (Å²) >= 11 is 0. The third kappa shape index (κ3) is 3.81. The number of para-hydroxylation sites is 3. The van der Waals surface area contributed by atoms with Crippen LogP contribution in [0.3, 0.4) is 0 Å². The fourth-order valence-corrected chi connectivity index (χ4v) is 4.45. The molecule has 1 aliphatic rings. The van der Waals surface area contributed by atoms with Crippen molar-refractivity contribution in [3.8, 4) is 11.4 Å². The molecule has 1 aliphatic heterocycles. The van der Waals surface area contributed by atoms with Crippen molar-refractivity contribution < 1.29 is 9.53 Å². The number of aromatic nitrogens is 2. The minimum absolute atomic E-state index is 0.245. The van der Waals surface area contributed by atoms with Gasteiger partial charge in [-0.05, 0) is 43.3 Å². The zero-order chi connectivity index (χ0) is 24.5. The maximum absolute atomic E-state index is 13.9. The van der Waals surface area contributed by atoms with Crippen LogP contribution in [-0.2, 0) is 11.8 Å². The van der Waals surface area contributed by atoms with E-state index in [4.69, 9.17) is 4.74 Å². The Morgan fingerprint density at radius 1 is 0.829 bits per heavy atom. The number of hydrogen-bond donors (Lipinski definition) is 0. The molecule has 5 rings (SSSR count). The second-order valence-electron chi connectivity index (χ2n) is 8.33. The minimum atomic E-state index is -0.260. The monoisotopic (exact) mass is 466 g/mol. The molecule has 0 atom stereocenters. The van der Waals surface area contributed by atoms with Crippen LogP contribution >= 0.6 is 0 Å². The molecule has 0 aliphatic carbocycles. The summed E-state index contributed by atoms with van der Waals surface area (Å²) < 4.78 is 8.85. The van der Waals surface area contributed by atoms with Gasteiger partial charge in [0.15, 0.2) is 5.69 Å². The zero-order valence-electron chi connectivity index (χ0n) is 19.9. The summed E-state index contributed by atoms with van der Waals surface area (Å²) in [6, 6.07) is 26.6. The van der Waals surface area contributed by atoms with Gasteiger partial charge < -0.3 is 4.74 Å². The molecule has 7 heteroatoms. The molecular formula is C28H26N4O3. The van der Waals surface area contributed by atoms with Crippen LogP contribution in [0, 0.1) is 6.92 Å².